The van der Waals surface area contributed by atoms with Crippen LogP contribution in [0.2, 0.25) is 0 Å². The van der Waals surface area contributed by atoms with Gasteiger partial charge in [0.25, 0.3) is 0 Å². The molecule has 0 spiro atoms. The molecule has 0 radical (unpaired) electrons. The van der Waals surface area contributed by atoms with Gasteiger partial charge in [0.1, 0.15) is 11.5 Å². The zero-order valence-corrected chi connectivity index (χ0v) is 18.4. The van der Waals surface area contributed by atoms with Crippen molar-refractivity contribution < 1.29 is 19.0 Å². The van der Waals surface area contributed by atoms with E-state index in [0.29, 0.717) is 26.3 Å². The Hall–Kier alpha value is -2.57. The second kappa shape index (κ2) is 10.2. The first-order chi connectivity index (χ1) is 15.2. The van der Waals surface area contributed by atoms with Crippen molar-refractivity contribution in [2.75, 3.05) is 40.5 Å². The molecule has 0 bridgehead atoms. The van der Waals surface area contributed by atoms with Gasteiger partial charge in [-0.15, -0.1) is 0 Å². The lowest BCUT2D eigenvalue weighted by Gasteiger charge is -2.31. The zero-order chi connectivity index (χ0) is 21.6. The smallest absolute Gasteiger partial charge is 0.226 e. The number of nitrogens with zero attached hydrogens (tertiary/aromatic N) is 1. The number of nitrogens with one attached hydrogen (secondary N) is 1. The summed E-state index contributed by atoms with van der Waals surface area (Å²) in [5.74, 6) is 2.15. The van der Waals surface area contributed by atoms with E-state index in [1.807, 2.05) is 35.2 Å². The van der Waals surface area contributed by atoms with E-state index in [1.165, 1.54) is 5.56 Å². The van der Waals surface area contributed by atoms with E-state index in [9.17, 15) is 4.79 Å². The van der Waals surface area contributed by atoms with Crippen molar-refractivity contribution in [3.05, 3.63) is 59.7 Å². The second-order valence-electron chi connectivity index (χ2n) is 8.28. The molecule has 2 fully saturated rings. The molecular formula is C25H32N2O4. The highest BCUT2D eigenvalue weighted by Crippen LogP contribution is 2.41. The summed E-state index contributed by atoms with van der Waals surface area (Å²) in [4.78, 5) is 15.4. The lowest BCUT2D eigenvalue weighted by Crippen LogP contribution is -2.44. The van der Waals surface area contributed by atoms with Crippen LogP contribution in [-0.2, 0) is 16.1 Å². The Balaban J connectivity index is 1.50. The Labute approximate surface area is 184 Å². The molecule has 2 aromatic rings. The van der Waals surface area contributed by atoms with Crippen molar-refractivity contribution in [2.45, 2.75) is 31.3 Å². The van der Waals surface area contributed by atoms with Gasteiger partial charge in [-0.2, -0.15) is 0 Å². The standard InChI is InChI=1S/C25H32N2O4/c1-29-21-9-7-18(8-10-21)22-15-20(26-17-19-5-3-4-6-24(19)30-2)16-23(22)25(28)27-11-13-31-14-12-27/h3-10,20,22-23,26H,11-17H2,1-2H3/t20-,22+,23-/m0/s1. The van der Waals surface area contributed by atoms with E-state index in [2.05, 4.69) is 23.5 Å². The molecule has 3 atom stereocenters. The fraction of sp³-hybridized carbons (Fsp3) is 0.480. The van der Waals surface area contributed by atoms with Crippen LogP contribution < -0.4 is 14.8 Å². The summed E-state index contributed by atoms with van der Waals surface area (Å²) in [5.41, 5.74) is 2.34. The molecule has 1 saturated heterocycles. The van der Waals surface area contributed by atoms with Crippen LogP contribution >= 0.6 is 0 Å². The highest BCUT2D eigenvalue weighted by Gasteiger charge is 2.41. The minimum absolute atomic E-state index is 0.0262. The molecule has 1 saturated carbocycles. The predicted molar refractivity (Wildman–Crippen MR) is 119 cm³/mol. The molecule has 2 aliphatic rings. The summed E-state index contributed by atoms with van der Waals surface area (Å²) in [7, 11) is 3.37. The number of benzene rings is 2. The second-order valence-corrected chi connectivity index (χ2v) is 8.28. The average Bonchev–Trinajstić information content (AvgIpc) is 3.27. The monoisotopic (exact) mass is 424 g/mol. The molecule has 4 rings (SSSR count). The van der Waals surface area contributed by atoms with Crippen molar-refractivity contribution in [1.82, 2.24) is 10.2 Å². The lowest BCUT2D eigenvalue weighted by atomic mass is 9.88. The van der Waals surface area contributed by atoms with Crippen LogP contribution in [0.25, 0.3) is 0 Å². The molecule has 31 heavy (non-hydrogen) atoms. The van der Waals surface area contributed by atoms with Gasteiger partial charge in [-0.3, -0.25) is 4.79 Å². The Morgan fingerprint density at radius 2 is 1.77 bits per heavy atom. The molecule has 0 unspecified atom stereocenters. The number of carbonyl (C=O) groups excluding carboxylic acids is 1. The molecular weight excluding hydrogens is 392 g/mol. The fourth-order valence-electron chi connectivity index (χ4n) is 4.82. The summed E-state index contributed by atoms with van der Waals surface area (Å²) in [6, 6.07) is 16.5. The van der Waals surface area contributed by atoms with Gasteiger partial charge in [-0.05, 0) is 42.5 Å². The molecule has 166 valence electrons. The number of methoxy groups -OCH3 is 2. The van der Waals surface area contributed by atoms with E-state index >= 15 is 0 Å². The number of ether oxygens (including phenoxy) is 3. The topological polar surface area (TPSA) is 60.0 Å². The van der Waals surface area contributed by atoms with E-state index in [-0.39, 0.29) is 23.8 Å². The predicted octanol–water partition coefficient (Wildman–Crippen LogP) is 3.21. The molecule has 6 heteroatoms. The SMILES string of the molecule is COc1ccc([C@H]2C[C@H](NCc3ccccc3OC)C[C@@H]2C(=O)N2CCOCC2)cc1. The van der Waals surface area contributed by atoms with Crippen LogP contribution in [0.5, 0.6) is 11.5 Å². The molecule has 1 aliphatic heterocycles. The number of morpholine rings is 1. The van der Waals surface area contributed by atoms with Gasteiger partial charge in [-0.1, -0.05) is 30.3 Å². The molecule has 6 nitrogen and oxygen atoms in total. The first kappa shape index (κ1) is 21.7. The molecule has 0 aromatic heterocycles. The van der Waals surface area contributed by atoms with Gasteiger partial charge in [0, 0.05) is 37.2 Å². The Kier molecular flexibility index (Phi) is 7.10. The largest absolute Gasteiger partial charge is 0.497 e. The molecule has 1 aliphatic carbocycles. The van der Waals surface area contributed by atoms with Gasteiger partial charge in [0.05, 0.1) is 27.4 Å². The van der Waals surface area contributed by atoms with Gasteiger partial charge >= 0.3 is 0 Å². The van der Waals surface area contributed by atoms with E-state index < -0.39 is 0 Å². The summed E-state index contributed by atoms with van der Waals surface area (Å²) in [6.45, 7) is 3.35. The maximum absolute atomic E-state index is 13.4. The number of carbonyl (C=O) groups is 1. The number of para-hydroxylation sites is 1. The Morgan fingerprint density at radius 3 is 2.48 bits per heavy atom. The van der Waals surface area contributed by atoms with Gasteiger partial charge in [-0.25, -0.2) is 0 Å². The first-order valence-electron chi connectivity index (χ1n) is 11.1. The third-order valence-corrected chi connectivity index (χ3v) is 6.52. The fourth-order valence-corrected chi connectivity index (χ4v) is 4.82. The number of amides is 1. The highest BCUT2D eigenvalue weighted by molar-refractivity contribution is 5.80. The number of rotatable bonds is 7. The van der Waals surface area contributed by atoms with Crippen LogP contribution in [0.3, 0.4) is 0 Å². The Morgan fingerprint density at radius 1 is 1.03 bits per heavy atom. The molecule has 1 heterocycles. The summed E-state index contributed by atoms with van der Waals surface area (Å²) in [6.07, 6.45) is 1.77. The van der Waals surface area contributed by atoms with Gasteiger partial charge in [0.15, 0.2) is 0 Å². The molecule has 1 N–H and O–H groups in total. The minimum Gasteiger partial charge on any atom is -0.497 e. The van der Waals surface area contributed by atoms with Crippen LogP contribution in [0.15, 0.2) is 48.5 Å². The third-order valence-electron chi connectivity index (χ3n) is 6.52. The van der Waals surface area contributed by atoms with Crippen molar-refractivity contribution in [2.24, 2.45) is 5.92 Å². The molecule has 1 amide bonds. The van der Waals surface area contributed by atoms with E-state index in [0.717, 1.165) is 36.4 Å². The highest BCUT2D eigenvalue weighted by atomic mass is 16.5. The third kappa shape index (κ3) is 5.02. The minimum atomic E-state index is -0.0262. The van der Waals surface area contributed by atoms with Crippen molar-refractivity contribution >= 4 is 5.91 Å². The van der Waals surface area contributed by atoms with Crippen LogP contribution in [-0.4, -0.2) is 57.4 Å². The van der Waals surface area contributed by atoms with Gasteiger partial charge in [0.2, 0.25) is 5.91 Å². The van der Waals surface area contributed by atoms with Crippen molar-refractivity contribution in [3.63, 3.8) is 0 Å². The van der Waals surface area contributed by atoms with Crippen molar-refractivity contribution in [1.29, 1.82) is 0 Å². The van der Waals surface area contributed by atoms with E-state index in [4.69, 9.17) is 14.2 Å². The normalized spacial score (nSPS) is 23.5. The number of hydrogen-bond donors (Lipinski definition) is 1. The maximum atomic E-state index is 13.4. The van der Waals surface area contributed by atoms with Crippen LogP contribution in [0.4, 0.5) is 0 Å². The number of hydrogen-bond acceptors (Lipinski definition) is 5. The quantitative estimate of drug-likeness (QED) is 0.740. The lowest BCUT2D eigenvalue weighted by molar-refractivity contribution is -0.140. The zero-order valence-electron chi connectivity index (χ0n) is 18.4. The first-order valence-corrected chi connectivity index (χ1v) is 11.1. The summed E-state index contributed by atoms with van der Waals surface area (Å²) in [5, 5.41) is 3.68. The van der Waals surface area contributed by atoms with Crippen LogP contribution in [0.1, 0.15) is 29.9 Å². The summed E-state index contributed by atoms with van der Waals surface area (Å²) >= 11 is 0. The Bertz CT molecular complexity index is 864. The van der Waals surface area contributed by atoms with Crippen molar-refractivity contribution in [3.8, 4) is 11.5 Å². The van der Waals surface area contributed by atoms with Gasteiger partial charge < -0.3 is 24.4 Å². The average molecular weight is 425 g/mol. The summed E-state index contributed by atoms with van der Waals surface area (Å²) < 4.78 is 16.3. The van der Waals surface area contributed by atoms with Crippen LogP contribution in [0, 0.1) is 5.92 Å². The maximum Gasteiger partial charge on any atom is 0.226 e. The van der Waals surface area contributed by atoms with E-state index in [1.54, 1.807) is 14.2 Å². The molecule has 2 aromatic carbocycles.